The summed E-state index contributed by atoms with van der Waals surface area (Å²) in [6, 6.07) is 9.92. The van der Waals surface area contributed by atoms with Crippen LogP contribution in [0.2, 0.25) is 23.2 Å². The smallest absolute Gasteiger partial charge is 0.410 e. The highest BCUT2D eigenvalue weighted by molar-refractivity contribution is 6.74. The van der Waals surface area contributed by atoms with Crippen LogP contribution >= 0.6 is 11.6 Å². The first-order valence-corrected chi connectivity index (χ1v) is 24.9. The molecule has 1 unspecified atom stereocenters. The summed E-state index contributed by atoms with van der Waals surface area (Å²) in [6.07, 6.45) is 3.14. The van der Waals surface area contributed by atoms with Crippen molar-refractivity contribution in [2.75, 3.05) is 32.9 Å². The molecule has 1 saturated heterocycles. The third-order valence-corrected chi connectivity index (χ3v) is 17.4. The summed E-state index contributed by atoms with van der Waals surface area (Å²) in [6.45, 7) is 19.2. The number of rotatable bonds is 15. The van der Waals surface area contributed by atoms with Gasteiger partial charge in [-0.25, -0.2) is 23.4 Å². The maximum absolute atomic E-state index is 14.9. The predicted octanol–water partition coefficient (Wildman–Crippen LogP) is 9.75. The maximum Gasteiger partial charge on any atom is 0.410 e. The Bertz CT molecular complexity index is 2220. The number of nitrogens with one attached hydrogen (secondary N) is 1. The molecule has 3 aromatic rings. The molecule has 1 saturated carbocycles. The molecule has 0 radical (unpaired) electrons. The highest BCUT2D eigenvalue weighted by Gasteiger charge is 2.51. The van der Waals surface area contributed by atoms with E-state index >= 15 is 0 Å². The molecule has 2 N–H and O–H groups in total. The minimum absolute atomic E-state index is 0.0612. The Hall–Kier alpha value is -4.73. The van der Waals surface area contributed by atoms with Crippen molar-refractivity contribution < 1.29 is 46.9 Å². The Balaban J connectivity index is 1.23. The molecule has 0 spiro atoms. The number of ether oxygens (including phenoxy) is 3. The van der Waals surface area contributed by atoms with Crippen LogP contribution in [0.15, 0.2) is 54.2 Å². The molecule has 12 nitrogen and oxygen atoms in total. The largest absolute Gasteiger partial charge is 0.489 e. The summed E-state index contributed by atoms with van der Waals surface area (Å²) in [5.41, 5.74) is 3.19. The van der Waals surface area contributed by atoms with Crippen molar-refractivity contribution in [2.24, 2.45) is 0 Å². The first kappa shape index (κ1) is 47.7. The normalized spacial score (nSPS) is 18.5. The molecule has 3 aliphatic rings. The van der Waals surface area contributed by atoms with Gasteiger partial charge in [0.15, 0.2) is 19.9 Å². The van der Waals surface area contributed by atoms with Crippen molar-refractivity contribution in [3.63, 3.8) is 0 Å². The van der Waals surface area contributed by atoms with Crippen molar-refractivity contribution in [1.82, 2.24) is 20.1 Å². The van der Waals surface area contributed by atoms with Gasteiger partial charge in [0.05, 0.1) is 25.3 Å². The average molecular weight is 912 g/mol. The van der Waals surface area contributed by atoms with Crippen LogP contribution in [0.3, 0.4) is 0 Å². The second-order valence-electron chi connectivity index (χ2n) is 19.4. The summed E-state index contributed by atoms with van der Waals surface area (Å²) < 4.78 is 51.7. The van der Waals surface area contributed by atoms with Crippen LogP contribution in [-0.4, -0.2) is 102 Å². The number of pyridine rings is 1. The fourth-order valence-corrected chi connectivity index (χ4v) is 9.15. The van der Waals surface area contributed by atoms with E-state index in [-0.39, 0.29) is 36.9 Å². The Labute approximate surface area is 375 Å². The molecule has 3 heterocycles. The van der Waals surface area contributed by atoms with E-state index in [1.165, 1.54) is 9.80 Å². The Morgan fingerprint density at radius 3 is 2.27 bits per heavy atom. The summed E-state index contributed by atoms with van der Waals surface area (Å²) >= 11 is 5.91. The first-order valence-electron chi connectivity index (χ1n) is 21.6. The van der Waals surface area contributed by atoms with Gasteiger partial charge < -0.3 is 34.0 Å². The van der Waals surface area contributed by atoms with Crippen LogP contribution in [0.5, 0.6) is 11.6 Å². The number of benzene rings is 2. The summed E-state index contributed by atoms with van der Waals surface area (Å²) in [4.78, 5) is 48.6. The van der Waals surface area contributed by atoms with Gasteiger partial charge in [-0.2, -0.15) is 0 Å². The predicted molar refractivity (Wildman–Crippen MR) is 240 cm³/mol. The fourth-order valence-electron chi connectivity index (χ4n) is 7.91. The van der Waals surface area contributed by atoms with E-state index in [9.17, 15) is 28.3 Å². The van der Waals surface area contributed by atoms with Crippen molar-refractivity contribution in [1.29, 1.82) is 0 Å². The number of piperazine rings is 1. The van der Waals surface area contributed by atoms with Gasteiger partial charge in [-0.3, -0.25) is 9.69 Å². The third kappa shape index (κ3) is 11.3. The van der Waals surface area contributed by atoms with E-state index in [2.05, 4.69) is 44.2 Å². The minimum Gasteiger partial charge on any atom is -0.489 e. The lowest BCUT2D eigenvalue weighted by Gasteiger charge is -2.49. The van der Waals surface area contributed by atoms with E-state index in [0.717, 1.165) is 47.2 Å². The lowest BCUT2D eigenvalue weighted by molar-refractivity contribution is -0.119. The van der Waals surface area contributed by atoms with Crippen LogP contribution in [0.4, 0.5) is 18.4 Å². The average Bonchev–Trinajstić information content (AvgIpc) is 3.95. The number of fused-ring (bicyclic) bond motifs is 2. The fraction of sp³-hybridized carbons (Fsp3) is 0.532. The van der Waals surface area contributed by atoms with Crippen molar-refractivity contribution in [3.8, 4) is 11.6 Å². The van der Waals surface area contributed by atoms with Gasteiger partial charge >= 0.3 is 12.2 Å². The molecule has 2 bridgehead atoms. The zero-order valence-corrected chi connectivity index (χ0v) is 39.6. The summed E-state index contributed by atoms with van der Waals surface area (Å²) in [5, 5.41) is 13.6. The molecule has 342 valence electrons. The molecule has 2 fully saturated rings. The summed E-state index contributed by atoms with van der Waals surface area (Å²) in [7, 11) is -1.94. The minimum atomic E-state index is -1.94. The summed E-state index contributed by atoms with van der Waals surface area (Å²) in [5.74, 6) is -1.71. The topological polar surface area (TPSA) is 140 Å². The monoisotopic (exact) mass is 910 g/mol. The van der Waals surface area contributed by atoms with E-state index in [0.29, 0.717) is 49.5 Å². The van der Waals surface area contributed by atoms with E-state index < -0.39 is 66.3 Å². The van der Waals surface area contributed by atoms with Crippen LogP contribution in [0, 0.1) is 18.6 Å². The van der Waals surface area contributed by atoms with Gasteiger partial charge in [-0.15, -0.1) is 0 Å². The molecule has 1 aliphatic carbocycles. The SMILES string of the molecule is Cc1c(CC2(NC(=O)C3=C(c4ccc(CCCOc5c(F)ccc(F)c5Cl)cc4)CC4CN(C(=O)OC(C)(C)C)C[C@H]3N4C(=O)O)CC2)ccnc1OCCO[Si](C)(C)C(C)(C)C. The van der Waals surface area contributed by atoms with Gasteiger partial charge in [-0.1, -0.05) is 56.6 Å². The molecule has 6 rings (SSSR count). The van der Waals surface area contributed by atoms with Crippen molar-refractivity contribution in [2.45, 2.75) is 128 Å². The lowest BCUT2D eigenvalue weighted by atomic mass is 9.81. The zero-order chi connectivity index (χ0) is 46.1. The molecule has 63 heavy (non-hydrogen) atoms. The highest BCUT2D eigenvalue weighted by Crippen LogP contribution is 2.44. The van der Waals surface area contributed by atoms with E-state index in [1.54, 1.807) is 27.0 Å². The number of hydrogen-bond donors (Lipinski definition) is 2. The second-order valence-corrected chi connectivity index (χ2v) is 24.6. The number of aryl methyl sites for hydroxylation is 1. The number of carbonyl (C=O) groups is 3. The lowest BCUT2D eigenvalue weighted by Crippen LogP contribution is -2.65. The number of carboxylic acid groups (broad SMARTS) is 1. The number of carbonyl (C=O) groups excluding carboxylic acids is 2. The maximum atomic E-state index is 14.9. The van der Waals surface area contributed by atoms with E-state index in [1.807, 2.05) is 37.3 Å². The third-order valence-electron chi connectivity index (χ3n) is 12.6. The van der Waals surface area contributed by atoms with Crippen LogP contribution < -0.4 is 14.8 Å². The molecule has 2 aliphatic heterocycles. The molecule has 1 aromatic heterocycles. The molecular formula is C47H61ClF2N4O8Si. The van der Waals surface area contributed by atoms with Gasteiger partial charge in [0.25, 0.3) is 0 Å². The van der Waals surface area contributed by atoms with Crippen molar-refractivity contribution in [3.05, 3.63) is 93.1 Å². The van der Waals surface area contributed by atoms with Gasteiger partial charge in [-0.05, 0) is 125 Å². The number of amides is 3. The molecule has 2 atom stereocenters. The van der Waals surface area contributed by atoms with Crippen molar-refractivity contribution >= 4 is 43.6 Å². The Morgan fingerprint density at radius 1 is 0.952 bits per heavy atom. The number of nitrogens with zero attached hydrogens (tertiary/aromatic N) is 3. The van der Waals surface area contributed by atoms with Crippen LogP contribution in [0.1, 0.15) is 89.5 Å². The molecule has 16 heteroatoms. The number of halogens is 3. The van der Waals surface area contributed by atoms with Crippen LogP contribution in [-0.2, 0) is 26.8 Å². The Kier molecular flexibility index (Phi) is 14.2. The molecule has 2 aromatic carbocycles. The van der Waals surface area contributed by atoms with Crippen LogP contribution in [0.25, 0.3) is 5.57 Å². The van der Waals surface area contributed by atoms with Gasteiger partial charge in [0.2, 0.25) is 11.8 Å². The second kappa shape index (κ2) is 18.8. The Morgan fingerprint density at radius 2 is 1.63 bits per heavy atom. The van der Waals surface area contributed by atoms with Gasteiger partial charge in [0, 0.05) is 36.0 Å². The number of hydrogen-bond acceptors (Lipinski definition) is 8. The molecule has 3 amide bonds. The quantitative estimate of drug-likeness (QED) is 0.0867. The molecular weight excluding hydrogens is 850 g/mol. The van der Waals surface area contributed by atoms with E-state index in [4.69, 9.17) is 30.2 Å². The zero-order valence-electron chi connectivity index (χ0n) is 37.8. The first-order chi connectivity index (χ1) is 29.5. The van der Waals surface area contributed by atoms with Gasteiger partial charge in [0.1, 0.15) is 23.0 Å². The number of aromatic nitrogens is 1. The standard InChI is InChI=1S/C47H61ClF2N4O8Si/c1-29-32(18-21-51-42(29)60-23-24-61-63(8,9)46(5,6)7)26-47(19-20-47)52-41(55)38-34(25-33-27-53(44(58)62-45(2,3)4)28-37(38)54(33)43(56)57)31-14-12-30(13-15-31)11-10-22-59-40-36(50)17-16-35(49)39(40)48/h12-18,21,33,37H,10-11,19-20,22-28H2,1-9H3,(H,52,55)(H,56,57)/t33?,37-/m1/s1. The highest BCUT2D eigenvalue weighted by atomic mass is 35.5.